The van der Waals surface area contributed by atoms with Gasteiger partial charge in [0.25, 0.3) is 0 Å². The van der Waals surface area contributed by atoms with Gasteiger partial charge in [-0.25, -0.2) is 9.97 Å². The van der Waals surface area contributed by atoms with E-state index < -0.39 is 0 Å². The zero-order valence-electron chi connectivity index (χ0n) is 12.8. The second-order valence-electron chi connectivity index (χ2n) is 4.93. The summed E-state index contributed by atoms with van der Waals surface area (Å²) in [5.74, 6) is 2.98. The van der Waals surface area contributed by atoms with Gasteiger partial charge in [-0.15, -0.1) is 11.3 Å². The Morgan fingerprint density at radius 1 is 1.30 bits per heavy atom. The summed E-state index contributed by atoms with van der Waals surface area (Å²) in [6, 6.07) is 0. The zero-order chi connectivity index (χ0) is 14.7. The van der Waals surface area contributed by atoms with Crippen molar-refractivity contribution in [3.05, 3.63) is 16.3 Å². The molecule has 0 aliphatic rings. The third-order valence-electron chi connectivity index (χ3n) is 3.40. The molecule has 0 aliphatic carbocycles. The Labute approximate surface area is 129 Å². The first-order valence-electron chi connectivity index (χ1n) is 6.68. The third-order valence-corrected chi connectivity index (χ3v) is 5.09. The Morgan fingerprint density at radius 3 is 2.70 bits per heavy atom. The van der Waals surface area contributed by atoms with Gasteiger partial charge in [-0.3, -0.25) is 4.90 Å². The van der Waals surface area contributed by atoms with Crippen LogP contribution in [0.3, 0.4) is 0 Å². The summed E-state index contributed by atoms with van der Waals surface area (Å²) < 4.78 is 0. The van der Waals surface area contributed by atoms with Gasteiger partial charge in [0, 0.05) is 24.2 Å². The first-order chi connectivity index (χ1) is 9.56. The maximum Gasteiger partial charge on any atom is 0.146 e. The molecule has 6 heteroatoms. The maximum atomic E-state index is 4.73. The molecular weight excluding hydrogens is 288 g/mol. The van der Waals surface area contributed by atoms with Crippen LogP contribution in [0.4, 0.5) is 5.82 Å². The minimum absolute atomic E-state index is 0.793. The van der Waals surface area contributed by atoms with E-state index >= 15 is 0 Å². The van der Waals surface area contributed by atoms with Gasteiger partial charge in [0.1, 0.15) is 16.5 Å². The van der Waals surface area contributed by atoms with Crippen molar-refractivity contribution in [1.29, 1.82) is 0 Å². The van der Waals surface area contributed by atoms with Crippen LogP contribution in [0.25, 0.3) is 10.2 Å². The summed E-state index contributed by atoms with van der Waals surface area (Å²) in [6.07, 6.45) is 2.13. The molecule has 0 aliphatic heterocycles. The van der Waals surface area contributed by atoms with Crippen molar-refractivity contribution in [1.82, 2.24) is 14.9 Å². The van der Waals surface area contributed by atoms with E-state index in [0.29, 0.717) is 0 Å². The smallest absolute Gasteiger partial charge is 0.146 e. The molecule has 2 aromatic heterocycles. The minimum Gasteiger partial charge on any atom is -0.372 e. The summed E-state index contributed by atoms with van der Waals surface area (Å²) in [5, 5.41) is 4.39. The molecule has 0 saturated heterocycles. The van der Waals surface area contributed by atoms with Gasteiger partial charge in [0.05, 0.1) is 11.9 Å². The lowest BCUT2D eigenvalue weighted by molar-refractivity contribution is 0.340. The van der Waals surface area contributed by atoms with E-state index in [1.165, 1.54) is 15.8 Å². The molecule has 0 bridgehead atoms. The zero-order valence-corrected chi connectivity index (χ0v) is 14.4. The number of rotatable bonds is 6. The Morgan fingerprint density at radius 2 is 2.05 bits per heavy atom. The highest BCUT2D eigenvalue weighted by molar-refractivity contribution is 7.98. The van der Waals surface area contributed by atoms with Gasteiger partial charge in [0.15, 0.2) is 0 Å². The number of nitrogens with zero attached hydrogens (tertiary/aromatic N) is 3. The molecule has 2 rings (SSSR count). The van der Waals surface area contributed by atoms with Crippen molar-refractivity contribution in [2.45, 2.75) is 20.4 Å². The van der Waals surface area contributed by atoms with Crippen LogP contribution in [0.1, 0.15) is 16.3 Å². The van der Waals surface area contributed by atoms with Crippen LogP contribution in [-0.4, -0.2) is 47.5 Å². The highest BCUT2D eigenvalue weighted by Gasteiger charge is 2.14. The standard InChI is InChI=1S/C14H22N4S2/c1-9-10(2)20-14-12(9)13(15-3)16-11(17-14)8-18(4)6-7-19-5/h6-8H2,1-5H3,(H,15,16,17). The Balaban J connectivity index is 2.31. The van der Waals surface area contributed by atoms with Crippen LogP contribution in [0.5, 0.6) is 0 Å². The molecule has 0 atom stereocenters. The van der Waals surface area contributed by atoms with Crippen LogP contribution in [-0.2, 0) is 6.54 Å². The van der Waals surface area contributed by atoms with E-state index in [9.17, 15) is 0 Å². The Hall–Kier alpha value is -0.850. The molecular formula is C14H22N4S2. The van der Waals surface area contributed by atoms with E-state index in [4.69, 9.17) is 4.98 Å². The van der Waals surface area contributed by atoms with Gasteiger partial charge >= 0.3 is 0 Å². The fourth-order valence-electron chi connectivity index (χ4n) is 2.11. The quantitative estimate of drug-likeness (QED) is 0.887. The molecule has 0 radical (unpaired) electrons. The fraction of sp³-hybridized carbons (Fsp3) is 0.571. The lowest BCUT2D eigenvalue weighted by atomic mass is 10.2. The molecule has 4 nitrogen and oxygen atoms in total. The topological polar surface area (TPSA) is 41.1 Å². The molecule has 1 N–H and O–H groups in total. The number of thioether (sulfide) groups is 1. The van der Waals surface area contributed by atoms with Crippen LogP contribution < -0.4 is 5.32 Å². The van der Waals surface area contributed by atoms with Crippen molar-refractivity contribution in [2.24, 2.45) is 0 Å². The second kappa shape index (κ2) is 6.74. The molecule has 2 aromatic rings. The van der Waals surface area contributed by atoms with Crippen molar-refractivity contribution in [2.75, 3.05) is 38.0 Å². The Bertz CT molecular complexity index is 594. The summed E-state index contributed by atoms with van der Waals surface area (Å²) in [5.41, 5.74) is 1.29. The highest BCUT2D eigenvalue weighted by Crippen LogP contribution is 2.33. The second-order valence-corrected chi connectivity index (χ2v) is 7.12. The third kappa shape index (κ3) is 3.24. The average Bonchev–Trinajstić information content (AvgIpc) is 2.71. The molecule has 0 spiro atoms. The van der Waals surface area contributed by atoms with E-state index in [1.807, 2.05) is 18.8 Å². The molecule has 2 heterocycles. The van der Waals surface area contributed by atoms with E-state index in [1.54, 1.807) is 11.3 Å². The molecule has 20 heavy (non-hydrogen) atoms. The predicted molar refractivity (Wildman–Crippen MR) is 91.2 cm³/mol. The molecule has 0 amide bonds. The van der Waals surface area contributed by atoms with Crippen molar-refractivity contribution in [3.63, 3.8) is 0 Å². The first kappa shape index (κ1) is 15.5. The number of hydrogen-bond donors (Lipinski definition) is 1. The summed E-state index contributed by atoms with van der Waals surface area (Å²) in [4.78, 5) is 14.1. The van der Waals surface area contributed by atoms with Gasteiger partial charge in [-0.1, -0.05) is 0 Å². The van der Waals surface area contributed by atoms with Gasteiger partial charge in [-0.05, 0) is 32.7 Å². The van der Waals surface area contributed by atoms with E-state index in [-0.39, 0.29) is 0 Å². The monoisotopic (exact) mass is 310 g/mol. The van der Waals surface area contributed by atoms with Gasteiger partial charge < -0.3 is 5.32 Å². The largest absolute Gasteiger partial charge is 0.372 e. The summed E-state index contributed by atoms with van der Waals surface area (Å²) in [6.45, 7) is 6.13. The maximum absolute atomic E-state index is 4.73. The molecule has 0 saturated carbocycles. The number of anilines is 1. The van der Waals surface area contributed by atoms with E-state index in [0.717, 1.165) is 35.3 Å². The molecule has 110 valence electrons. The first-order valence-corrected chi connectivity index (χ1v) is 8.89. The summed E-state index contributed by atoms with van der Waals surface area (Å²) >= 11 is 3.62. The van der Waals surface area contributed by atoms with Gasteiger partial charge in [-0.2, -0.15) is 11.8 Å². The van der Waals surface area contributed by atoms with Crippen molar-refractivity contribution in [3.8, 4) is 0 Å². The Kier molecular flexibility index (Phi) is 5.23. The van der Waals surface area contributed by atoms with Crippen LogP contribution in [0, 0.1) is 13.8 Å². The van der Waals surface area contributed by atoms with Crippen LogP contribution >= 0.6 is 23.1 Å². The van der Waals surface area contributed by atoms with Gasteiger partial charge in [0.2, 0.25) is 0 Å². The lowest BCUT2D eigenvalue weighted by Gasteiger charge is -2.15. The highest BCUT2D eigenvalue weighted by atomic mass is 32.2. The molecule has 0 aromatic carbocycles. The minimum atomic E-state index is 0.793. The number of aromatic nitrogens is 2. The van der Waals surface area contributed by atoms with E-state index in [2.05, 4.69) is 42.4 Å². The van der Waals surface area contributed by atoms with Crippen molar-refractivity contribution >= 4 is 39.1 Å². The number of aryl methyl sites for hydroxylation is 2. The lowest BCUT2D eigenvalue weighted by Crippen LogP contribution is -2.22. The van der Waals surface area contributed by atoms with Crippen LogP contribution in [0.15, 0.2) is 0 Å². The number of hydrogen-bond acceptors (Lipinski definition) is 6. The molecule has 0 unspecified atom stereocenters. The fourth-order valence-corrected chi connectivity index (χ4v) is 3.66. The summed E-state index contributed by atoms with van der Waals surface area (Å²) in [7, 11) is 4.04. The molecule has 0 fully saturated rings. The average molecular weight is 310 g/mol. The van der Waals surface area contributed by atoms with Crippen LogP contribution in [0.2, 0.25) is 0 Å². The SMILES string of the molecule is CNc1nc(CN(C)CCSC)nc2sc(C)c(C)c12. The number of thiophene rings is 1. The predicted octanol–water partition coefficient (Wildman–Crippen LogP) is 3.14. The number of nitrogens with one attached hydrogen (secondary N) is 1. The van der Waals surface area contributed by atoms with Crippen molar-refractivity contribution < 1.29 is 0 Å². The number of fused-ring (bicyclic) bond motifs is 1. The normalized spacial score (nSPS) is 11.5.